The molecule has 2 N–H and O–H groups in total. The molecule has 2 rings (SSSR count). The molecule has 0 amide bonds. The second-order valence-electron chi connectivity index (χ2n) is 3.35. The SMILES string of the molecule is CCC(N)c1cc2cc(F)ccc2s1. The van der Waals surface area contributed by atoms with Gasteiger partial charge in [0.05, 0.1) is 0 Å². The summed E-state index contributed by atoms with van der Waals surface area (Å²) in [6.45, 7) is 2.05. The number of fused-ring (bicyclic) bond motifs is 1. The highest BCUT2D eigenvalue weighted by atomic mass is 32.1. The predicted molar refractivity (Wildman–Crippen MR) is 59.0 cm³/mol. The van der Waals surface area contributed by atoms with E-state index in [4.69, 9.17) is 5.73 Å². The molecular formula is C11H12FNS. The molecule has 0 saturated heterocycles. The summed E-state index contributed by atoms with van der Waals surface area (Å²) in [7, 11) is 0. The number of benzene rings is 1. The summed E-state index contributed by atoms with van der Waals surface area (Å²) < 4.78 is 14.0. The monoisotopic (exact) mass is 209 g/mol. The summed E-state index contributed by atoms with van der Waals surface area (Å²) in [6, 6.07) is 6.91. The van der Waals surface area contributed by atoms with Crippen LogP contribution in [0.5, 0.6) is 0 Å². The zero-order valence-electron chi connectivity index (χ0n) is 7.96. The smallest absolute Gasteiger partial charge is 0.123 e. The van der Waals surface area contributed by atoms with Crippen LogP contribution >= 0.6 is 11.3 Å². The van der Waals surface area contributed by atoms with Crippen molar-refractivity contribution in [3.8, 4) is 0 Å². The first-order valence-electron chi connectivity index (χ1n) is 4.65. The molecule has 0 saturated carbocycles. The van der Waals surface area contributed by atoms with Crippen LogP contribution in [0.1, 0.15) is 24.3 Å². The van der Waals surface area contributed by atoms with Gasteiger partial charge >= 0.3 is 0 Å². The molecule has 0 aliphatic carbocycles. The third-order valence-corrected chi connectivity index (χ3v) is 3.55. The van der Waals surface area contributed by atoms with Gasteiger partial charge < -0.3 is 5.73 Å². The topological polar surface area (TPSA) is 26.0 Å². The van der Waals surface area contributed by atoms with Gasteiger partial charge in [0, 0.05) is 15.6 Å². The Morgan fingerprint density at radius 3 is 2.93 bits per heavy atom. The van der Waals surface area contributed by atoms with Crippen molar-refractivity contribution in [2.24, 2.45) is 5.73 Å². The predicted octanol–water partition coefficient (Wildman–Crippen LogP) is 3.45. The van der Waals surface area contributed by atoms with Crippen molar-refractivity contribution in [1.29, 1.82) is 0 Å². The summed E-state index contributed by atoms with van der Waals surface area (Å²) in [4.78, 5) is 1.13. The third kappa shape index (κ3) is 1.65. The van der Waals surface area contributed by atoms with Crippen LogP contribution in [0.3, 0.4) is 0 Å². The van der Waals surface area contributed by atoms with E-state index in [-0.39, 0.29) is 11.9 Å². The molecular weight excluding hydrogens is 197 g/mol. The number of nitrogens with two attached hydrogens (primary N) is 1. The average Bonchev–Trinajstić information content (AvgIpc) is 2.59. The van der Waals surface area contributed by atoms with Crippen LogP contribution in [0.2, 0.25) is 0 Å². The van der Waals surface area contributed by atoms with Gasteiger partial charge in [-0.3, -0.25) is 0 Å². The van der Waals surface area contributed by atoms with Crippen molar-refractivity contribution in [2.75, 3.05) is 0 Å². The van der Waals surface area contributed by atoms with E-state index in [1.165, 1.54) is 6.07 Å². The van der Waals surface area contributed by atoms with E-state index in [1.54, 1.807) is 23.5 Å². The van der Waals surface area contributed by atoms with Gasteiger partial charge in [0.15, 0.2) is 0 Å². The van der Waals surface area contributed by atoms with Crippen LogP contribution in [0.4, 0.5) is 4.39 Å². The first kappa shape index (κ1) is 9.62. The fourth-order valence-electron chi connectivity index (χ4n) is 1.42. The molecule has 0 aliphatic rings. The lowest BCUT2D eigenvalue weighted by molar-refractivity contribution is 0.630. The maximum absolute atomic E-state index is 12.9. The lowest BCUT2D eigenvalue weighted by atomic mass is 10.2. The summed E-state index contributed by atoms with van der Waals surface area (Å²) in [5.41, 5.74) is 5.91. The van der Waals surface area contributed by atoms with Crippen LogP contribution in [0.25, 0.3) is 10.1 Å². The fourth-order valence-corrected chi connectivity index (χ4v) is 2.55. The molecule has 1 atom stereocenters. The second kappa shape index (κ2) is 3.67. The van der Waals surface area contributed by atoms with Crippen LogP contribution in [-0.2, 0) is 0 Å². The van der Waals surface area contributed by atoms with E-state index in [0.717, 1.165) is 21.4 Å². The zero-order chi connectivity index (χ0) is 10.1. The van der Waals surface area contributed by atoms with Gasteiger partial charge in [-0.25, -0.2) is 4.39 Å². The number of rotatable bonds is 2. The molecule has 1 aromatic carbocycles. The van der Waals surface area contributed by atoms with Crippen molar-refractivity contribution < 1.29 is 4.39 Å². The number of hydrogen-bond acceptors (Lipinski definition) is 2. The standard InChI is InChI=1S/C11H12FNS/c1-2-9(13)11-6-7-5-8(12)3-4-10(7)14-11/h3-6,9H,2,13H2,1H3. The zero-order valence-corrected chi connectivity index (χ0v) is 8.77. The van der Waals surface area contributed by atoms with E-state index in [2.05, 4.69) is 6.92 Å². The van der Waals surface area contributed by atoms with Gasteiger partial charge in [-0.1, -0.05) is 6.92 Å². The molecule has 74 valence electrons. The molecule has 0 radical (unpaired) electrons. The molecule has 3 heteroatoms. The molecule has 1 heterocycles. The molecule has 1 aromatic heterocycles. The Bertz CT molecular complexity index is 449. The van der Waals surface area contributed by atoms with E-state index >= 15 is 0 Å². The van der Waals surface area contributed by atoms with Crippen molar-refractivity contribution in [3.63, 3.8) is 0 Å². The maximum Gasteiger partial charge on any atom is 0.123 e. The minimum atomic E-state index is -0.188. The first-order valence-corrected chi connectivity index (χ1v) is 5.47. The Morgan fingerprint density at radius 1 is 1.43 bits per heavy atom. The van der Waals surface area contributed by atoms with Crippen molar-refractivity contribution in [2.45, 2.75) is 19.4 Å². The van der Waals surface area contributed by atoms with Crippen molar-refractivity contribution in [1.82, 2.24) is 0 Å². The normalized spacial score (nSPS) is 13.4. The van der Waals surface area contributed by atoms with E-state index < -0.39 is 0 Å². The largest absolute Gasteiger partial charge is 0.323 e. The van der Waals surface area contributed by atoms with E-state index in [9.17, 15) is 4.39 Å². The van der Waals surface area contributed by atoms with E-state index in [0.29, 0.717) is 0 Å². The Hall–Kier alpha value is -0.930. The fraction of sp³-hybridized carbons (Fsp3) is 0.273. The maximum atomic E-state index is 12.9. The Kier molecular flexibility index (Phi) is 2.52. The molecule has 14 heavy (non-hydrogen) atoms. The van der Waals surface area contributed by atoms with Gasteiger partial charge in [-0.2, -0.15) is 0 Å². The van der Waals surface area contributed by atoms with Crippen LogP contribution < -0.4 is 5.73 Å². The molecule has 1 unspecified atom stereocenters. The molecule has 1 nitrogen and oxygen atoms in total. The highest BCUT2D eigenvalue weighted by molar-refractivity contribution is 7.19. The van der Waals surface area contributed by atoms with Crippen LogP contribution in [0.15, 0.2) is 24.3 Å². The summed E-state index contributed by atoms with van der Waals surface area (Å²) in [6.07, 6.45) is 0.912. The lowest BCUT2D eigenvalue weighted by Crippen LogP contribution is -2.05. The third-order valence-electron chi connectivity index (χ3n) is 2.30. The lowest BCUT2D eigenvalue weighted by Gasteiger charge is -2.02. The Balaban J connectivity index is 2.51. The number of halogens is 1. The Labute approximate surface area is 86.4 Å². The summed E-state index contributed by atoms with van der Waals surface area (Å²) >= 11 is 1.65. The van der Waals surface area contributed by atoms with Crippen molar-refractivity contribution >= 4 is 21.4 Å². The first-order chi connectivity index (χ1) is 6.70. The van der Waals surface area contributed by atoms with E-state index in [1.807, 2.05) is 6.07 Å². The van der Waals surface area contributed by atoms with Gasteiger partial charge in [0.1, 0.15) is 5.82 Å². The number of hydrogen-bond donors (Lipinski definition) is 1. The van der Waals surface area contributed by atoms with Crippen molar-refractivity contribution in [3.05, 3.63) is 35.0 Å². The molecule has 0 fully saturated rings. The van der Waals surface area contributed by atoms with Crippen LogP contribution in [-0.4, -0.2) is 0 Å². The summed E-state index contributed by atoms with van der Waals surface area (Å²) in [5.74, 6) is -0.188. The second-order valence-corrected chi connectivity index (χ2v) is 4.46. The minimum Gasteiger partial charge on any atom is -0.323 e. The minimum absolute atomic E-state index is 0.0791. The molecule has 0 aliphatic heterocycles. The highest BCUT2D eigenvalue weighted by Gasteiger charge is 2.08. The van der Waals surface area contributed by atoms with Gasteiger partial charge in [0.2, 0.25) is 0 Å². The van der Waals surface area contributed by atoms with Gasteiger partial charge in [-0.05, 0) is 36.1 Å². The molecule has 2 aromatic rings. The molecule has 0 spiro atoms. The average molecular weight is 209 g/mol. The van der Waals surface area contributed by atoms with Gasteiger partial charge in [0.25, 0.3) is 0 Å². The highest BCUT2D eigenvalue weighted by Crippen LogP contribution is 2.30. The van der Waals surface area contributed by atoms with Crippen LogP contribution in [0, 0.1) is 5.82 Å². The Morgan fingerprint density at radius 2 is 2.21 bits per heavy atom. The molecule has 0 bridgehead atoms. The van der Waals surface area contributed by atoms with Gasteiger partial charge in [-0.15, -0.1) is 11.3 Å². The number of thiophene rings is 1. The summed E-state index contributed by atoms with van der Waals surface area (Å²) in [5, 5.41) is 0.953. The quantitative estimate of drug-likeness (QED) is 0.805.